The van der Waals surface area contributed by atoms with Gasteiger partial charge >= 0.3 is 18.0 Å². The van der Waals surface area contributed by atoms with Crippen LogP contribution < -0.4 is 42.1 Å². The van der Waals surface area contributed by atoms with E-state index in [1.165, 1.54) is 24.3 Å². The summed E-state index contributed by atoms with van der Waals surface area (Å²) in [6, 6.07) is 46.6. The number of urea groups is 2. The lowest BCUT2D eigenvalue weighted by atomic mass is 9.97. The zero-order valence-corrected chi connectivity index (χ0v) is 54.6. The molecule has 4 heterocycles. The van der Waals surface area contributed by atoms with Crippen molar-refractivity contribution in [3.63, 3.8) is 0 Å². The van der Waals surface area contributed by atoms with Crippen molar-refractivity contribution in [2.45, 2.75) is 26.9 Å². The summed E-state index contributed by atoms with van der Waals surface area (Å²) < 4.78 is 59.6. The van der Waals surface area contributed by atoms with Gasteiger partial charge in [-0.3, -0.25) is 14.4 Å². The zero-order chi connectivity index (χ0) is 70.6. The Morgan fingerprint density at radius 3 is 1.27 bits per heavy atom. The molecule has 8 N–H and O–H groups in total. The summed E-state index contributed by atoms with van der Waals surface area (Å²) in [6.45, 7) is 5.81. The van der Waals surface area contributed by atoms with Crippen molar-refractivity contribution in [2.75, 3.05) is 85.9 Å². The summed E-state index contributed by atoms with van der Waals surface area (Å²) in [4.78, 5) is 99.9. The number of nitrogens with two attached hydrogens (primary N) is 1. The van der Waals surface area contributed by atoms with Crippen LogP contribution in [-0.4, -0.2) is 125 Å². The first-order chi connectivity index (χ1) is 47.5. The van der Waals surface area contributed by atoms with E-state index in [0.29, 0.717) is 99.0 Å². The summed E-state index contributed by atoms with van der Waals surface area (Å²) in [6.07, 6.45) is 0. The first-order valence-electron chi connectivity index (χ1n) is 31.1. The van der Waals surface area contributed by atoms with Crippen LogP contribution in [0.25, 0.3) is 22.5 Å². The minimum Gasteiger partial charge on any atom is -0.478 e. The van der Waals surface area contributed by atoms with Crippen LogP contribution in [0.15, 0.2) is 182 Å². The molecule has 2 aromatic heterocycles. The topological polar surface area (TPSA) is 273 Å². The van der Waals surface area contributed by atoms with Crippen LogP contribution in [0.3, 0.4) is 0 Å². The SMILES string of the molecule is Cc1ccc(C(=O)Nc2ccc(C(=O)c3ccccc3)cc2)cc1-c1nc(NCCN(C)C)nc2c1CNC(=O)N2c1c(F)cccc1F.Cc1ccc(C(=O)O)cc1-c1nc(NCCN(C)C)nc2c1CNC(=O)N2c1c(F)cccc1F.Nc1ccc(C(=O)c2ccccc2)cc1. The number of nitrogen functional groups attached to an aromatic ring is 1. The van der Waals surface area contributed by atoms with Crippen LogP contribution in [0.2, 0.25) is 0 Å². The molecule has 0 unspecified atom stereocenters. The van der Waals surface area contributed by atoms with Gasteiger partial charge in [0, 0.05) is 87.6 Å². The quantitative estimate of drug-likeness (QED) is 0.0225. The van der Waals surface area contributed by atoms with Gasteiger partial charge in [0.2, 0.25) is 11.9 Å². The highest BCUT2D eigenvalue weighted by Gasteiger charge is 2.36. The number of aryl methyl sites for hydroxylation is 2. The highest BCUT2D eigenvalue weighted by Crippen LogP contribution is 2.42. The second-order valence-corrected chi connectivity index (χ2v) is 23.4. The Bertz CT molecular complexity index is 4640. The molecule has 0 saturated carbocycles. The number of para-hydroxylation sites is 2. The van der Waals surface area contributed by atoms with E-state index < -0.39 is 58.6 Å². The van der Waals surface area contributed by atoms with E-state index in [1.54, 1.807) is 116 Å². The predicted molar refractivity (Wildman–Crippen MR) is 372 cm³/mol. The maximum Gasteiger partial charge on any atom is 0.335 e. The molecule has 0 fully saturated rings. The zero-order valence-electron chi connectivity index (χ0n) is 54.6. The van der Waals surface area contributed by atoms with Gasteiger partial charge in [0.05, 0.1) is 30.0 Å². The van der Waals surface area contributed by atoms with Gasteiger partial charge in [-0.05, 0) is 150 Å². The fourth-order valence-corrected chi connectivity index (χ4v) is 10.6. The number of likely N-dealkylation sites (N-methyl/N-ethyl adjacent to an activating group) is 2. The minimum atomic E-state index is -1.11. The second kappa shape index (κ2) is 31.1. The number of ketones is 2. The number of rotatable bonds is 19. The normalized spacial score (nSPS) is 12.2. The number of amides is 5. The molecule has 504 valence electrons. The maximum absolute atomic E-state index is 15.1. The Morgan fingerprint density at radius 1 is 0.495 bits per heavy atom. The number of carboxylic acids is 1. The minimum absolute atomic E-state index is 0.00914. The highest BCUT2D eigenvalue weighted by molar-refractivity contribution is 6.11. The van der Waals surface area contributed by atoms with E-state index in [1.807, 2.05) is 69.2 Å². The lowest BCUT2D eigenvalue weighted by molar-refractivity contribution is 0.0696. The van der Waals surface area contributed by atoms with Crippen molar-refractivity contribution >= 4 is 81.8 Å². The maximum atomic E-state index is 15.1. The van der Waals surface area contributed by atoms with Crippen LogP contribution in [0.4, 0.5) is 73.4 Å². The van der Waals surface area contributed by atoms with Crippen molar-refractivity contribution < 1.29 is 51.4 Å². The van der Waals surface area contributed by atoms with Gasteiger partial charge in [-0.25, -0.2) is 51.7 Å². The Hall–Kier alpha value is -12.2. The third kappa shape index (κ3) is 16.4. The molecule has 0 bridgehead atoms. The number of nitrogens with zero attached hydrogens (tertiary/aromatic N) is 8. The van der Waals surface area contributed by atoms with Crippen molar-refractivity contribution in [1.82, 2.24) is 40.4 Å². The van der Waals surface area contributed by atoms with Crippen molar-refractivity contribution in [3.8, 4) is 22.5 Å². The first kappa shape index (κ1) is 69.6. The number of hydrogen-bond donors (Lipinski definition) is 7. The number of carbonyl (C=O) groups is 6. The monoisotopic (exact) mass is 1340 g/mol. The smallest absolute Gasteiger partial charge is 0.335 e. The van der Waals surface area contributed by atoms with E-state index in [9.17, 15) is 42.7 Å². The number of carboxylic acid groups (broad SMARTS) is 1. The van der Waals surface area contributed by atoms with Crippen LogP contribution in [0.1, 0.15) is 74.8 Å². The number of fused-ring (bicyclic) bond motifs is 2. The molecule has 2 aliphatic heterocycles. The number of carbonyl (C=O) groups excluding carboxylic acids is 5. The second-order valence-electron chi connectivity index (χ2n) is 23.4. The Labute approximate surface area is 567 Å². The van der Waals surface area contributed by atoms with E-state index in [-0.39, 0.29) is 53.8 Å². The molecular formula is C74H68F4N14O7. The van der Waals surface area contributed by atoms with E-state index in [2.05, 4.69) is 41.5 Å². The lowest BCUT2D eigenvalue weighted by Gasteiger charge is -2.31. The number of hydrogen-bond acceptors (Lipinski definition) is 15. The fourth-order valence-electron chi connectivity index (χ4n) is 10.6. The van der Waals surface area contributed by atoms with Gasteiger partial charge in [0.15, 0.2) is 23.2 Å². The summed E-state index contributed by atoms with van der Waals surface area (Å²) >= 11 is 0. The van der Waals surface area contributed by atoms with Crippen molar-refractivity contribution in [3.05, 3.63) is 261 Å². The molecule has 5 amide bonds. The van der Waals surface area contributed by atoms with E-state index in [0.717, 1.165) is 45.2 Å². The number of anilines is 8. The van der Waals surface area contributed by atoms with Gasteiger partial charge in [-0.15, -0.1) is 0 Å². The lowest BCUT2D eigenvalue weighted by Crippen LogP contribution is -2.43. The number of halogens is 4. The van der Waals surface area contributed by atoms with Gasteiger partial charge < -0.3 is 47.2 Å². The van der Waals surface area contributed by atoms with Crippen molar-refractivity contribution in [2.24, 2.45) is 0 Å². The summed E-state index contributed by atoms with van der Waals surface area (Å²) in [5.41, 5.74) is 12.5. The standard InChI is InChI=1S/C37H33F2N7O3.C24H24F2N6O3.C13H11NO/c1-22-12-13-25(35(48)42-26-16-14-24(15-17-26)33(47)23-8-5-4-6-9-23)20-27(22)31-28-21-41-37(49)46(32-29(38)10-7-11-30(32)39)34(28)44-36(43-31)40-18-19-45(2)3;1-13-7-8-14(22(33)34)11-15(13)19-16-12-28-24(35)32(20-17(25)5-4-6-18(20)26)21(16)30-23(29-19)27-9-10-31(2)3;14-12-8-6-11(7-9-12)13(15)10-4-2-1-3-5-10/h4-17,20H,18-19,21H2,1-3H3,(H,41,49)(H,42,48)(H,40,43,44);4-8,11H,9-10,12H2,1-3H3,(H,28,35)(H,33,34)(H,27,29,30);1-9H,14H2. The molecule has 25 heteroatoms. The predicted octanol–water partition coefficient (Wildman–Crippen LogP) is 12.8. The largest absolute Gasteiger partial charge is 0.478 e. The Kier molecular flexibility index (Phi) is 21.9. The molecule has 10 aromatic rings. The third-order valence-electron chi connectivity index (χ3n) is 15.8. The van der Waals surface area contributed by atoms with Crippen LogP contribution in [0, 0.1) is 37.1 Å². The molecule has 0 spiro atoms. The number of aromatic nitrogens is 4. The molecule has 21 nitrogen and oxygen atoms in total. The van der Waals surface area contributed by atoms with Crippen LogP contribution in [-0.2, 0) is 13.1 Å². The third-order valence-corrected chi connectivity index (χ3v) is 15.8. The average molecular weight is 1340 g/mol. The molecule has 12 rings (SSSR count). The number of nitrogens with one attached hydrogen (secondary N) is 5. The molecule has 0 aliphatic carbocycles. The van der Waals surface area contributed by atoms with Gasteiger partial charge in [0.1, 0.15) is 34.6 Å². The number of benzene rings is 8. The molecule has 0 saturated heterocycles. The molecule has 0 radical (unpaired) electrons. The Morgan fingerprint density at radius 2 is 0.869 bits per heavy atom. The Balaban J connectivity index is 0.000000183. The first-order valence-corrected chi connectivity index (χ1v) is 31.1. The highest BCUT2D eigenvalue weighted by atomic mass is 19.1. The van der Waals surface area contributed by atoms with Gasteiger partial charge in [-0.2, -0.15) is 9.97 Å². The van der Waals surface area contributed by atoms with E-state index in [4.69, 9.17) is 10.7 Å². The molecule has 8 aromatic carbocycles. The van der Waals surface area contributed by atoms with Gasteiger partial charge in [0.25, 0.3) is 5.91 Å². The molecule has 2 aliphatic rings. The average Bonchev–Trinajstić information content (AvgIpc) is 0.755. The molecule has 0 atom stereocenters. The van der Waals surface area contributed by atoms with Crippen molar-refractivity contribution in [1.29, 1.82) is 0 Å². The fraction of sp³-hybridized carbons (Fsp3) is 0.162. The summed E-state index contributed by atoms with van der Waals surface area (Å²) in [5.74, 6) is -5.04. The summed E-state index contributed by atoms with van der Waals surface area (Å²) in [5, 5.41) is 23.9. The summed E-state index contributed by atoms with van der Waals surface area (Å²) in [7, 11) is 7.61. The van der Waals surface area contributed by atoms with E-state index >= 15 is 8.78 Å². The molecular weight excluding hydrogens is 1270 g/mol. The number of aromatic carboxylic acids is 1. The van der Waals surface area contributed by atoms with Crippen LogP contribution >= 0.6 is 0 Å². The van der Waals surface area contributed by atoms with Gasteiger partial charge in [-0.1, -0.05) is 84.9 Å². The van der Waals surface area contributed by atoms with Crippen LogP contribution in [0.5, 0.6) is 0 Å². The molecule has 99 heavy (non-hydrogen) atoms.